The Bertz CT molecular complexity index is 1070. The van der Waals surface area contributed by atoms with E-state index in [2.05, 4.69) is 24.0 Å². The molecule has 1 fully saturated rings. The average molecular weight is 387 g/mol. The van der Waals surface area contributed by atoms with Gasteiger partial charge in [-0.05, 0) is 23.6 Å². The summed E-state index contributed by atoms with van der Waals surface area (Å²) in [4.78, 5) is 33.8. The van der Waals surface area contributed by atoms with E-state index in [1.807, 2.05) is 47.4 Å². The van der Waals surface area contributed by atoms with Gasteiger partial charge in [0.05, 0.1) is 12.6 Å². The first-order chi connectivity index (χ1) is 14.2. The van der Waals surface area contributed by atoms with Crippen LogP contribution >= 0.6 is 0 Å². The number of H-pyrrole nitrogens is 1. The molecule has 0 bridgehead atoms. The first-order valence-corrected chi connectivity index (χ1v) is 10.4. The number of piperazine rings is 1. The number of amides is 2. The summed E-state index contributed by atoms with van der Waals surface area (Å²) in [6.45, 7) is 2.93. The number of aromatic nitrogens is 1. The lowest BCUT2D eigenvalue weighted by Gasteiger charge is -2.47. The van der Waals surface area contributed by atoms with Gasteiger partial charge in [0.2, 0.25) is 11.8 Å². The number of nitrogens with zero attached hydrogens (tertiary/aromatic N) is 2. The quantitative estimate of drug-likeness (QED) is 0.743. The molecule has 0 aliphatic carbocycles. The van der Waals surface area contributed by atoms with Gasteiger partial charge in [-0.15, -0.1) is 0 Å². The SMILES string of the molecule is CCCCN1CC(=O)N2C(c3ccccc3)c3[nH]c4ccccc4c3C[C@H]2C1=O. The average Bonchev–Trinajstić information content (AvgIpc) is 3.13. The lowest BCUT2D eigenvalue weighted by Crippen LogP contribution is -2.63. The van der Waals surface area contributed by atoms with Gasteiger partial charge in [0.1, 0.15) is 6.04 Å². The van der Waals surface area contributed by atoms with Crippen molar-refractivity contribution in [3.8, 4) is 0 Å². The lowest BCUT2D eigenvalue weighted by molar-refractivity contribution is -0.158. The zero-order valence-electron chi connectivity index (χ0n) is 16.6. The van der Waals surface area contributed by atoms with Crippen molar-refractivity contribution in [2.24, 2.45) is 0 Å². The highest BCUT2D eigenvalue weighted by atomic mass is 16.2. The number of fused-ring (bicyclic) bond motifs is 4. The van der Waals surface area contributed by atoms with Gasteiger partial charge in [-0.25, -0.2) is 0 Å². The Morgan fingerprint density at radius 1 is 1.03 bits per heavy atom. The first-order valence-electron chi connectivity index (χ1n) is 10.4. The molecule has 2 aromatic carbocycles. The third-order valence-electron chi connectivity index (χ3n) is 6.24. The van der Waals surface area contributed by atoms with Crippen molar-refractivity contribution in [2.75, 3.05) is 13.1 Å². The third kappa shape index (κ3) is 2.84. The molecular formula is C24H25N3O2. The van der Waals surface area contributed by atoms with Crippen LogP contribution in [-0.2, 0) is 16.0 Å². The number of benzene rings is 2. The van der Waals surface area contributed by atoms with Crippen LogP contribution in [0.5, 0.6) is 0 Å². The lowest BCUT2D eigenvalue weighted by atomic mass is 9.86. The Hall–Kier alpha value is -3.08. The summed E-state index contributed by atoms with van der Waals surface area (Å²) in [6.07, 6.45) is 2.49. The molecule has 29 heavy (non-hydrogen) atoms. The highest BCUT2D eigenvalue weighted by Gasteiger charge is 2.47. The highest BCUT2D eigenvalue weighted by Crippen LogP contribution is 2.42. The number of aromatic amines is 1. The summed E-state index contributed by atoms with van der Waals surface area (Å²) in [7, 11) is 0. The summed E-state index contributed by atoms with van der Waals surface area (Å²) < 4.78 is 0. The molecule has 0 spiro atoms. The minimum Gasteiger partial charge on any atom is -0.356 e. The Morgan fingerprint density at radius 2 is 1.79 bits per heavy atom. The van der Waals surface area contributed by atoms with E-state index < -0.39 is 6.04 Å². The molecule has 1 unspecified atom stereocenters. The molecule has 3 aromatic rings. The topological polar surface area (TPSA) is 56.4 Å². The van der Waals surface area contributed by atoms with E-state index in [-0.39, 0.29) is 24.4 Å². The second-order valence-electron chi connectivity index (χ2n) is 8.01. The van der Waals surface area contributed by atoms with Gasteiger partial charge in [0, 0.05) is 29.6 Å². The van der Waals surface area contributed by atoms with Crippen LogP contribution in [0.2, 0.25) is 0 Å². The predicted molar refractivity (Wildman–Crippen MR) is 112 cm³/mol. The van der Waals surface area contributed by atoms with Gasteiger partial charge in [-0.3, -0.25) is 9.59 Å². The van der Waals surface area contributed by atoms with Crippen LogP contribution in [0.4, 0.5) is 0 Å². The van der Waals surface area contributed by atoms with Gasteiger partial charge in [-0.2, -0.15) is 0 Å². The Kier molecular flexibility index (Phi) is 4.38. The Labute approximate surface area is 170 Å². The number of carbonyl (C=O) groups excluding carboxylic acids is 2. The van der Waals surface area contributed by atoms with E-state index in [1.165, 1.54) is 0 Å². The van der Waals surface area contributed by atoms with Crippen LogP contribution in [0.3, 0.4) is 0 Å². The molecule has 2 aliphatic rings. The standard InChI is InChI=1S/C24H25N3O2/c1-2-3-13-26-15-21(28)27-20(24(26)29)14-18-17-11-7-8-12-19(17)25-22(18)23(27)16-9-5-4-6-10-16/h4-12,20,23,25H,2-3,13-15H2,1H3/t20-,23?/m0/s1. The fourth-order valence-electron chi connectivity index (χ4n) is 4.84. The molecule has 1 saturated heterocycles. The smallest absolute Gasteiger partial charge is 0.246 e. The minimum atomic E-state index is -0.440. The van der Waals surface area contributed by atoms with E-state index in [9.17, 15) is 9.59 Å². The largest absolute Gasteiger partial charge is 0.356 e. The van der Waals surface area contributed by atoms with Crippen molar-refractivity contribution >= 4 is 22.7 Å². The summed E-state index contributed by atoms with van der Waals surface area (Å²) in [5.74, 6) is 0.110. The fraction of sp³-hybridized carbons (Fsp3) is 0.333. The van der Waals surface area contributed by atoms with Gasteiger partial charge in [0.15, 0.2) is 0 Å². The van der Waals surface area contributed by atoms with Crippen LogP contribution in [0, 0.1) is 0 Å². The molecule has 0 radical (unpaired) electrons. The third-order valence-corrected chi connectivity index (χ3v) is 6.24. The zero-order valence-corrected chi connectivity index (χ0v) is 16.6. The van der Waals surface area contributed by atoms with Gasteiger partial charge >= 0.3 is 0 Å². The van der Waals surface area contributed by atoms with Crippen molar-refractivity contribution in [1.82, 2.24) is 14.8 Å². The number of para-hydroxylation sites is 1. The maximum absolute atomic E-state index is 13.4. The summed E-state index contributed by atoms with van der Waals surface area (Å²) in [5.41, 5.74) is 4.29. The highest BCUT2D eigenvalue weighted by molar-refractivity contribution is 5.97. The number of rotatable bonds is 4. The number of hydrogen-bond donors (Lipinski definition) is 1. The van der Waals surface area contributed by atoms with Crippen LogP contribution < -0.4 is 0 Å². The molecular weight excluding hydrogens is 362 g/mol. The van der Waals surface area contributed by atoms with Crippen LogP contribution in [0.25, 0.3) is 10.9 Å². The van der Waals surface area contributed by atoms with Crippen molar-refractivity contribution < 1.29 is 9.59 Å². The molecule has 3 heterocycles. The summed E-state index contributed by atoms with van der Waals surface area (Å²) in [5, 5.41) is 1.15. The minimum absolute atomic E-state index is 0.0314. The van der Waals surface area contributed by atoms with E-state index in [0.717, 1.165) is 40.6 Å². The van der Waals surface area contributed by atoms with E-state index >= 15 is 0 Å². The molecule has 5 rings (SSSR count). The van der Waals surface area contributed by atoms with Crippen molar-refractivity contribution in [2.45, 2.75) is 38.3 Å². The van der Waals surface area contributed by atoms with E-state index in [4.69, 9.17) is 0 Å². The molecule has 5 heteroatoms. The van der Waals surface area contributed by atoms with Gasteiger partial charge in [-0.1, -0.05) is 61.9 Å². The second-order valence-corrected chi connectivity index (χ2v) is 8.01. The van der Waals surface area contributed by atoms with Crippen LogP contribution in [0.15, 0.2) is 54.6 Å². The normalized spacial score (nSPS) is 21.4. The van der Waals surface area contributed by atoms with Crippen LogP contribution in [-0.4, -0.2) is 45.7 Å². The maximum atomic E-state index is 13.4. The van der Waals surface area contributed by atoms with Gasteiger partial charge in [0.25, 0.3) is 0 Å². The molecule has 1 aromatic heterocycles. The monoisotopic (exact) mass is 387 g/mol. The molecule has 1 N–H and O–H groups in total. The van der Waals surface area contributed by atoms with Crippen LogP contribution in [0.1, 0.15) is 42.6 Å². The van der Waals surface area contributed by atoms with E-state index in [0.29, 0.717) is 13.0 Å². The molecule has 2 aliphatic heterocycles. The molecule has 2 atom stereocenters. The van der Waals surface area contributed by atoms with Crippen molar-refractivity contribution in [3.05, 3.63) is 71.4 Å². The number of hydrogen-bond acceptors (Lipinski definition) is 2. The summed E-state index contributed by atoms with van der Waals surface area (Å²) in [6, 6.07) is 17.6. The Balaban J connectivity index is 1.66. The molecule has 2 amide bonds. The molecule has 0 saturated carbocycles. The van der Waals surface area contributed by atoms with Crippen molar-refractivity contribution in [1.29, 1.82) is 0 Å². The number of carbonyl (C=O) groups is 2. The Morgan fingerprint density at radius 3 is 2.59 bits per heavy atom. The molecule has 148 valence electrons. The van der Waals surface area contributed by atoms with E-state index in [1.54, 1.807) is 4.90 Å². The fourth-order valence-corrected chi connectivity index (χ4v) is 4.84. The molecule has 5 nitrogen and oxygen atoms in total. The summed E-state index contributed by atoms with van der Waals surface area (Å²) >= 11 is 0. The second kappa shape index (κ2) is 7.07. The maximum Gasteiger partial charge on any atom is 0.246 e. The predicted octanol–water partition coefficient (Wildman–Crippen LogP) is 3.65. The number of nitrogens with one attached hydrogen (secondary N) is 1. The van der Waals surface area contributed by atoms with Crippen molar-refractivity contribution in [3.63, 3.8) is 0 Å². The first kappa shape index (κ1) is 18.0. The van der Waals surface area contributed by atoms with Gasteiger partial charge < -0.3 is 14.8 Å². The zero-order chi connectivity index (χ0) is 20.0. The number of unbranched alkanes of at least 4 members (excludes halogenated alkanes) is 1.